The Hall–Kier alpha value is -0.470. The molecule has 1 saturated carbocycles. The van der Waals surface area contributed by atoms with E-state index in [9.17, 15) is 0 Å². The zero-order valence-corrected chi connectivity index (χ0v) is 13.7. The van der Waals surface area contributed by atoms with E-state index >= 15 is 0 Å². The number of aryl methyl sites for hydroxylation is 2. The van der Waals surface area contributed by atoms with Gasteiger partial charge >= 0.3 is 0 Å². The first-order chi connectivity index (χ1) is 9.72. The average Bonchev–Trinajstić information content (AvgIpc) is 2.88. The molecule has 20 heavy (non-hydrogen) atoms. The molecule has 0 aliphatic heterocycles. The van der Waals surface area contributed by atoms with Crippen LogP contribution in [0.1, 0.15) is 61.3 Å². The normalized spacial score (nSPS) is 24.6. The molecule has 0 bridgehead atoms. The Kier molecular flexibility index (Phi) is 4.42. The molecule has 1 N–H and O–H groups in total. The fourth-order valence-electron chi connectivity index (χ4n) is 3.89. The van der Waals surface area contributed by atoms with Crippen LogP contribution < -0.4 is 5.32 Å². The number of benzene rings is 1. The molecule has 0 aromatic heterocycles. The fraction of sp³-hybridized carbons (Fsp3) is 0.667. The molecule has 1 aromatic rings. The second-order valence-electron chi connectivity index (χ2n) is 6.62. The van der Waals surface area contributed by atoms with Crippen LogP contribution >= 0.6 is 11.8 Å². The van der Waals surface area contributed by atoms with Crippen molar-refractivity contribution in [1.82, 2.24) is 5.32 Å². The summed E-state index contributed by atoms with van der Waals surface area (Å²) in [7, 11) is 0. The van der Waals surface area contributed by atoms with Crippen molar-refractivity contribution in [1.29, 1.82) is 0 Å². The number of rotatable bonds is 4. The maximum atomic E-state index is 3.91. The number of thioether (sulfide) groups is 1. The summed E-state index contributed by atoms with van der Waals surface area (Å²) in [6.07, 6.45) is 11.9. The van der Waals surface area contributed by atoms with E-state index in [0.29, 0.717) is 10.8 Å². The minimum atomic E-state index is 0.505. The molecule has 1 nitrogen and oxygen atoms in total. The Balaban J connectivity index is 1.66. The van der Waals surface area contributed by atoms with Crippen molar-refractivity contribution in [3.05, 3.63) is 34.9 Å². The summed E-state index contributed by atoms with van der Waals surface area (Å²) in [4.78, 5) is 0. The van der Waals surface area contributed by atoms with Crippen molar-refractivity contribution in [2.45, 2.75) is 62.7 Å². The van der Waals surface area contributed by atoms with E-state index in [2.05, 4.69) is 48.5 Å². The first-order valence-corrected chi connectivity index (χ1v) is 9.33. The van der Waals surface area contributed by atoms with Crippen LogP contribution in [0.4, 0.5) is 0 Å². The first kappa shape index (κ1) is 14.5. The molecule has 0 heterocycles. The topological polar surface area (TPSA) is 12.0 Å². The summed E-state index contributed by atoms with van der Waals surface area (Å²) in [5, 5.41) is 3.91. The molecule has 110 valence electrons. The van der Waals surface area contributed by atoms with E-state index in [-0.39, 0.29) is 0 Å². The largest absolute Gasteiger partial charge is 0.309 e. The summed E-state index contributed by atoms with van der Waals surface area (Å²) in [6.45, 7) is 3.40. The van der Waals surface area contributed by atoms with Gasteiger partial charge in [-0.1, -0.05) is 43.0 Å². The van der Waals surface area contributed by atoms with Crippen molar-refractivity contribution in [3.8, 4) is 0 Å². The highest BCUT2D eigenvalue weighted by Gasteiger charge is 2.32. The third kappa shape index (κ3) is 2.92. The molecule has 0 radical (unpaired) electrons. The smallest absolute Gasteiger partial charge is 0.0326 e. The molecule has 1 fully saturated rings. The highest BCUT2D eigenvalue weighted by atomic mass is 32.2. The van der Waals surface area contributed by atoms with Crippen LogP contribution in [0.5, 0.6) is 0 Å². The number of hydrogen-bond donors (Lipinski definition) is 1. The van der Waals surface area contributed by atoms with Gasteiger partial charge in [0.05, 0.1) is 0 Å². The van der Waals surface area contributed by atoms with Gasteiger partial charge in [0.25, 0.3) is 0 Å². The lowest BCUT2D eigenvalue weighted by Crippen LogP contribution is -2.40. The Morgan fingerprint density at radius 2 is 2.05 bits per heavy atom. The summed E-state index contributed by atoms with van der Waals surface area (Å²) in [5.74, 6) is 0. The lowest BCUT2D eigenvalue weighted by atomic mass is 9.88. The Bertz CT molecular complexity index is 462. The minimum absolute atomic E-state index is 0.505. The molecular formula is C18H27NS. The highest BCUT2D eigenvalue weighted by molar-refractivity contribution is 8.00. The maximum absolute atomic E-state index is 3.91. The third-order valence-electron chi connectivity index (χ3n) is 5.25. The van der Waals surface area contributed by atoms with Gasteiger partial charge in [0, 0.05) is 17.3 Å². The molecule has 0 saturated heterocycles. The molecule has 2 heteroatoms. The standard InChI is InChI=1S/C18H27NS/c1-14-6-7-15-8-9-17(16(15)12-14)19-13-18(20-2)10-4-3-5-11-18/h6-7,12,17,19H,3-5,8-11,13H2,1-2H3. The van der Waals surface area contributed by atoms with Gasteiger partial charge in [0.2, 0.25) is 0 Å². The summed E-state index contributed by atoms with van der Waals surface area (Å²) < 4.78 is 0.505. The predicted molar refractivity (Wildman–Crippen MR) is 89.6 cm³/mol. The Morgan fingerprint density at radius 1 is 1.25 bits per heavy atom. The Morgan fingerprint density at radius 3 is 2.80 bits per heavy atom. The second-order valence-corrected chi connectivity index (χ2v) is 7.90. The molecule has 2 aliphatic carbocycles. The van der Waals surface area contributed by atoms with Crippen LogP contribution in [-0.2, 0) is 6.42 Å². The number of fused-ring (bicyclic) bond motifs is 1. The zero-order valence-electron chi connectivity index (χ0n) is 12.9. The van der Waals surface area contributed by atoms with Crippen molar-refractivity contribution in [2.75, 3.05) is 12.8 Å². The van der Waals surface area contributed by atoms with Crippen molar-refractivity contribution < 1.29 is 0 Å². The highest BCUT2D eigenvalue weighted by Crippen LogP contribution is 2.39. The lowest BCUT2D eigenvalue weighted by molar-refractivity contribution is 0.362. The van der Waals surface area contributed by atoms with Gasteiger partial charge in [-0.2, -0.15) is 11.8 Å². The minimum Gasteiger partial charge on any atom is -0.309 e. The van der Waals surface area contributed by atoms with Gasteiger partial charge in [0.15, 0.2) is 0 Å². The molecule has 1 atom stereocenters. The summed E-state index contributed by atoms with van der Waals surface area (Å²) in [6, 6.07) is 7.58. The van der Waals surface area contributed by atoms with E-state index in [1.807, 2.05) is 0 Å². The Labute approximate surface area is 127 Å². The molecular weight excluding hydrogens is 262 g/mol. The maximum Gasteiger partial charge on any atom is 0.0326 e. The molecule has 0 spiro atoms. The number of hydrogen-bond acceptors (Lipinski definition) is 2. The van der Waals surface area contributed by atoms with Gasteiger partial charge in [-0.25, -0.2) is 0 Å². The van der Waals surface area contributed by atoms with E-state index in [4.69, 9.17) is 0 Å². The van der Waals surface area contributed by atoms with Crippen LogP contribution in [0.15, 0.2) is 18.2 Å². The van der Waals surface area contributed by atoms with Crippen LogP contribution in [0, 0.1) is 6.92 Å². The number of nitrogens with one attached hydrogen (secondary N) is 1. The van der Waals surface area contributed by atoms with E-state index in [0.717, 1.165) is 0 Å². The quantitative estimate of drug-likeness (QED) is 0.866. The van der Waals surface area contributed by atoms with Crippen LogP contribution in [0.25, 0.3) is 0 Å². The SMILES string of the molecule is CSC1(CNC2CCc3ccc(C)cc32)CCCCC1. The van der Waals surface area contributed by atoms with E-state index in [1.165, 1.54) is 57.1 Å². The monoisotopic (exact) mass is 289 g/mol. The molecule has 0 amide bonds. The van der Waals surface area contributed by atoms with Gasteiger partial charge in [0.1, 0.15) is 0 Å². The lowest BCUT2D eigenvalue weighted by Gasteiger charge is -2.37. The van der Waals surface area contributed by atoms with E-state index in [1.54, 1.807) is 11.1 Å². The van der Waals surface area contributed by atoms with Crippen molar-refractivity contribution in [2.24, 2.45) is 0 Å². The third-order valence-corrected chi connectivity index (χ3v) is 6.67. The zero-order chi connectivity index (χ0) is 14.0. The van der Waals surface area contributed by atoms with Gasteiger partial charge in [-0.3, -0.25) is 0 Å². The molecule has 3 rings (SSSR count). The molecule has 1 unspecified atom stereocenters. The van der Waals surface area contributed by atoms with Gasteiger partial charge in [-0.05, 0) is 50.0 Å². The summed E-state index contributed by atoms with van der Waals surface area (Å²) in [5.41, 5.74) is 4.53. The van der Waals surface area contributed by atoms with Crippen molar-refractivity contribution in [3.63, 3.8) is 0 Å². The van der Waals surface area contributed by atoms with Crippen LogP contribution in [0.2, 0.25) is 0 Å². The van der Waals surface area contributed by atoms with Crippen LogP contribution in [0.3, 0.4) is 0 Å². The average molecular weight is 289 g/mol. The van der Waals surface area contributed by atoms with Crippen LogP contribution in [-0.4, -0.2) is 17.5 Å². The first-order valence-electron chi connectivity index (χ1n) is 8.10. The van der Waals surface area contributed by atoms with E-state index < -0.39 is 0 Å². The molecule has 2 aliphatic rings. The summed E-state index contributed by atoms with van der Waals surface area (Å²) >= 11 is 2.10. The second kappa shape index (κ2) is 6.11. The van der Waals surface area contributed by atoms with Crippen molar-refractivity contribution >= 4 is 11.8 Å². The molecule has 1 aromatic carbocycles. The fourth-order valence-corrected chi connectivity index (χ4v) is 4.82. The van der Waals surface area contributed by atoms with Gasteiger partial charge in [-0.15, -0.1) is 0 Å². The van der Waals surface area contributed by atoms with Gasteiger partial charge < -0.3 is 5.32 Å². The predicted octanol–water partition coefficient (Wildman–Crippen LogP) is 4.64.